The highest BCUT2D eigenvalue weighted by Crippen LogP contribution is 2.45. The molecule has 5 aromatic rings. The lowest BCUT2D eigenvalue weighted by atomic mass is 9.74. The van der Waals surface area contributed by atoms with Gasteiger partial charge in [-0.2, -0.15) is 27.8 Å². The van der Waals surface area contributed by atoms with Gasteiger partial charge in [-0.15, -0.1) is 5.10 Å². The van der Waals surface area contributed by atoms with E-state index in [9.17, 15) is 32.7 Å². The largest absolute Gasteiger partial charge is 0.505 e. The van der Waals surface area contributed by atoms with Gasteiger partial charge in [-0.05, 0) is 56.0 Å². The Balaban J connectivity index is 1.25. The van der Waals surface area contributed by atoms with Crippen molar-refractivity contribution < 1.29 is 27.9 Å². The number of hydrogen-bond donors (Lipinski definition) is 2. The van der Waals surface area contributed by atoms with E-state index in [1.165, 1.54) is 18.3 Å². The first-order valence-corrected chi connectivity index (χ1v) is 15.3. The van der Waals surface area contributed by atoms with Crippen molar-refractivity contribution in [3.05, 3.63) is 86.8 Å². The highest BCUT2D eigenvalue weighted by Gasteiger charge is 2.46. The van der Waals surface area contributed by atoms with E-state index >= 15 is 0 Å². The minimum absolute atomic E-state index is 0.00616. The van der Waals surface area contributed by atoms with Crippen LogP contribution in [0, 0.1) is 0 Å². The van der Waals surface area contributed by atoms with E-state index in [1.54, 1.807) is 33.6 Å². The van der Waals surface area contributed by atoms with Crippen LogP contribution in [0.25, 0.3) is 17.2 Å². The summed E-state index contributed by atoms with van der Waals surface area (Å²) in [5, 5.41) is 21.1. The lowest BCUT2D eigenvalue weighted by Crippen LogP contribution is -2.46. The monoisotopic (exact) mass is 681 g/mol. The average molecular weight is 682 g/mol. The summed E-state index contributed by atoms with van der Waals surface area (Å²) >= 11 is 6.10. The van der Waals surface area contributed by atoms with Crippen LogP contribution in [0.3, 0.4) is 0 Å². The third-order valence-corrected chi connectivity index (χ3v) is 9.37. The molecule has 7 rings (SSSR count). The van der Waals surface area contributed by atoms with Gasteiger partial charge in [-0.25, -0.2) is 4.98 Å². The molecule has 1 aromatic carbocycles. The van der Waals surface area contributed by atoms with Crippen molar-refractivity contribution in [1.82, 2.24) is 38.8 Å². The number of nitrogens with one attached hydrogen (secondary N) is 1. The summed E-state index contributed by atoms with van der Waals surface area (Å²) in [7, 11) is 1.72. The van der Waals surface area contributed by atoms with Gasteiger partial charge in [0.25, 0.3) is 11.5 Å². The number of anilines is 1. The molecule has 17 heteroatoms. The molecular formula is C31H27ClF3N9O4. The van der Waals surface area contributed by atoms with E-state index in [0.717, 1.165) is 22.7 Å². The number of benzene rings is 1. The molecule has 5 heterocycles. The summed E-state index contributed by atoms with van der Waals surface area (Å²) in [6, 6.07) is 5.57. The first kappa shape index (κ1) is 31.4. The summed E-state index contributed by atoms with van der Waals surface area (Å²) in [4.78, 5) is 51.0. The number of nitrogens with zero attached hydrogens (tertiary/aromatic N) is 8. The van der Waals surface area contributed by atoms with Crippen LogP contribution in [-0.2, 0) is 36.4 Å². The number of aromatic hydroxyl groups is 1. The van der Waals surface area contributed by atoms with Crippen molar-refractivity contribution in [2.24, 2.45) is 7.05 Å². The molecule has 48 heavy (non-hydrogen) atoms. The van der Waals surface area contributed by atoms with Crippen LogP contribution in [0.5, 0.6) is 5.75 Å². The third-order valence-electron chi connectivity index (χ3n) is 9.05. The van der Waals surface area contributed by atoms with Crippen LogP contribution in [0.2, 0.25) is 5.02 Å². The van der Waals surface area contributed by atoms with Crippen LogP contribution in [0.1, 0.15) is 46.6 Å². The molecule has 0 unspecified atom stereocenters. The van der Waals surface area contributed by atoms with Gasteiger partial charge in [0, 0.05) is 49.2 Å². The van der Waals surface area contributed by atoms with Gasteiger partial charge in [0.05, 0.1) is 28.0 Å². The number of carbonyl (C=O) groups is 2. The Kier molecular flexibility index (Phi) is 7.49. The van der Waals surface area contributed by atoms with Crippen LogP contribution < -0.4 is 10.9 Å². The zero-order valence-electron chi connectivity index (χ0n) is 25.3. The van der Waals surface area contributed by atoms with Crippen LogP contribution in [0.15, 0.2) is 53.7 Å². The number of halogens is 4. The Morgan fingerprint density at radius 2 is 1.92 bits per heavy atom. The average Bonchev–Trinajstić information content (AvgIpc) is 3.78. The van der Waals surface area contributed by atoms with Crippen molar-refractivity contribution in [2.75, 3.05) is 18.4 Å². The quantitative estimate of drug-likeness (QED) is 0.284. The number of carbonyl (C=O) groups excluding carboxylic acids is 2. The number of aryl methyl sites for hydroxylation is 1. The predicted octanol–water partition coefficient (Wildman–Crippen LogP) is 3.82. The van der Waals surface area contributed by atoms with Gasteiger partial charge < -0.3 is 19.9 Å². The Morgan fingerprint density at radius 1 is 1.15 bits per heavy atom. The maximum atomic E-state index is 14.2. The van der Waals surface area contributed by atoms with Gasteiger partial charge >= 0.3 is 6.18 Å². The number of likely N-dealkylation sites (tertiary alicyclic amines) is 1. The summed E-state index contributed by atoms with van der Waals surface area (Å²) in [6.07, 6.45) is 1.94. The van der Waals surface area contributed by atoms with Crippen molar-refractivity contribution in [1.29, 1.82) is 0 Å². The molecule has 248 valence electrons. The molecule has 13 nitrogen and oxygen atoms in total. The highest BCUT2D eigenvalue weighted by molar-refractivity contribution is 6.33. The fourth-order valence-corrected chi connectivity index (χ4v) is 6.90. The van der Waals surface area contributed by atoms with E-state index < -0.39 is 29.0 Å². The van der Waals surface area contributed by atoms with E-state index in [1.807, 2.05) is 0 Å². The van der Waals surface area contributed by atoms with Crippen LogP contribution >= 0.6 is 11.6 Å². The van der Waals surface area contributed by atoms with Crippen molar-refractivity contribution in [3.63, 3.8) is 0 Å². The zero-order valence-corrected chi connectivity index (χ0v) is 26.1. The van der Waals surface area contributed by atoms with E-state index in [0.29, 0.717) is 55.6 Å². The summed E-state index contributed by atoms with van der Waals surface area (Å²) in [5.41, 5.74) is -0.399. The molecule has 2 amide bonds. The molecule has 4 aromatic heterocycles. The number of hydrogen-bond acceptors (Lipinski definition) is 8. The molecular weight excluding hydrogens is 655 g/mol. The van der Waals surface area contributed by atoms with Gasteiger partial charge in [0.15, 0.2) is 11.5 Å². The smallest absolute Gasteiger partial charge is 0.416 e. The maximum Gasteiger partial charge on any atom is 0.416 e. The molecule has 2 aliphatic rings. The SMILES string of the molecule is Cn1cc(-c2nc3n(CC(=O)Nc4ccc(C(F)(F)F)cc4Cl)c4c(c(=O)n3n2)C2(CC4)CCN(C(=O)c3ncccc3O)CC2)cn1. The second-order valence-electron chi connectivity index (χ2n) is 11.9. The molecule has 2 N–H and O–H groups in total. The Hall–Kier alpha value is -5.25. The molecule has 1 aliphatic heterocycles. The van der Waals surface area contributed by atoms with Gasteiger partial charge in [-0.1, -0.05) is 11.6 Å². The van der Waals surface area contributed by atoms with Crippen LogP contribution in [-0.4, -0.2) is 68.8 Å². The number of piperidine rings is 1. The third kappa shape index (κ3) is 5.35. The molecule has 0 radical (unpaired) electrons. The van der Waals surface area contributed by atoms with E-state index in [-0.39, 0.29) is 45.9 Å². The molecule has 0 bridgehead atoms. The minimum atomic E-state index is -4.60. The second kappa shape index (κ2) is 11.5. The summed E-state index contributed by atoms with van der Waals surface area (Å²) in [5.74, 6) is -0.905. The number of aromatic nitrogens is 7. The number of amides is 2. The van der Waals surface area contributed by atoms with E-state index in [4.69, 9.17) is 11.6 Å². The fourth-order valence-electron chi connectivity index (χ4n) is 6.68. The first-order valence-electron chi connectivity index (χ1n) is 15.0. The number of pyridine rings is 1. The summed E-state index contributed by atoms with van der Waals surface area (Å²) in [6.45, 7) is 0.266. The lowest BCUT2D eigenvalue weighted by molar-refractivity contribution is -0.137. The highest BCUT2D eigenvalue weighted by atomic mass is 35.5. The second-order valence-corrected chi connectivity index (χ2v) is 12.4. The predicted molar refractivity (Wildman–Crippen MR) is 166 cm³/mol. The number of rotatable bonds is 5. The molecule has 0 atom stereocenters. The number of alkyl halides is 3. The number of fused-ring (bicyclic) bond motifs is 3. The fraction of sp³-hybridized carbons (Fsp3) is 0.323. The molecule has 1 saturated heterocycles. The standard InChI is InChI=1S/C31H27ClF3N9O4/c1-41-15-17(14-37-41)26-39-29-43(16-23(46)38-20-5-4-18(13-19(20)32)31(33,34)35)21-6-7-30(24(21)27(47)44(29)40-26)8-11-42(12-9-30)28(48)25-22(45)3-2-10-36-25/h2-5,10,13-15,45H,6-9,11-12,16H2,1H3,(H,38,46). The molecule has 1 aliphatic carbocycles. The minimum Gasteiger partial charge on any atom is -0.505 e. The van der Waals surface area contributed by atoms with E-state index in [2.05, 4.69) is 25.5 Å². The topological polar surface area (TPSA) is 153 Å². The van der Waals surface area contributed by atoms with Gasteiger partial charge in [0.2, 0.25) is 11.7 Å². The maximum absolute atomic E-state index is 14.2. The van der Waals surface area contributed by atoms with Crippen molar-refractivity contribution in [3.8, 4) is 17.1 Å². The summed E-state index contributed by atoms with van der Waals surface area (Å²) < 4.78 is 43.8. The lowest BCUT2D eigenvalue weighted by Gasteiger charge is -2.39. The van der Waals surface area contributed by atoms with Gasteiger partial charge in [-0.3, -0.25) is 19.1 Å². The van der Waals surface area contributed by atoms with Gasteiger partial charge in [0.1, 0.15) is 12.3 Å². The molecule has 1 spiro atoms. The normalized spacial score (nSPS) is 15.6. The molecule has 1 fully saturated rings. The van der Waals surface area contributed by atoms with Crippen molar-refractivity contribution in [2.45, 2.75) is 43.8 Å². The zero-order chi connectivity index (χ0) is 34.0. The Morgan fingerprint density at radius 3 is 2.58 bits per heavy atom. The van der Waals surface area contributed by atoms with Crippen LogP contribution in [0.4, 0.5) is 18.9 Å². The Labute approximate surface area is 274 Å². The van der Waals surface area contributed by atoms with Crippen molar-refractivity contribution >= 4 is 34.9 Å². The Bertz CT molecular complexity index is 2170. The molecule has 0 saturated carbocycles. The first-order chi connectivity index (χ1) is 22.8.